The van der Waals surface area contributed by atoms with Gasteiger partial charge in [0.25, 0.3) is 0 Å². The number of hydrogen-bond acceptors (Lipinski definition) is 1. The fraction of sp³-hybridized carbons (Fsp3) is 1.00. The summed E-state index contributed by atoms with van der Waals surface area (Å²) in [6.07, 6.45) is 0. The molecule has 2 aliphatic rings. The first-order valence-electron chi connectivity index (χ1n) is 1.71. The van der Waals surface area contributed by atoms with Gasteiger partial charge in [-0.2, -0.15) is 0 Å². The smallest absolute Gasteiger partial charge is 0.0352 e. The number of hydrogen-bond donors (Lipinski definition) is 0. The molecule has 0 N–H and O–H groups in total. The van der Waals surface area contributed by atoms with Gasteiger partial charge in [-0.05, 0) is 0 Å². The molecule has 0 saturated carbocycles. The van der Waals surface area contributed by atoms with Crippen LogP contribution in [0.2, 0.25) is 0 Å². The van der Waals surface area contributed by atoms with Gasteiger partial charge < -0.3 is 0 Å². The normalized spacial score (nSPS) is 66.0. The standard InChI is InChI=1S/C3H5N/c1-3-2-4(1)3/h3H,1-2H2/t3-,4-. The molecule has 2 rings (SSSR count). The van der Waals surface area contributed by atoms with Crippen LogP contribution in [0.25, 0.3) is 0 Å². The molecule has 2 saturated heterocycles. The Morgan fingerprint density at radius 1 is 1.50 bits per heavy atom. The van der Waals surface area contributed by atoms with E-state index in [4.69, 9.17) is 0 Å². The fourth-order valence-corrected chi connectivity index (χ4v) is 0.394. The molecule has 0 unspecified atom stereocenters. The molecule has 0 amide bonds. The molecule has 0 spiro atoms. The molecule has 1 nitrogen and oxygen atoms in total. The maximum atomic E-state index is 2.42. The van der Waals surface area contributed by atoms with Gasteiger partial charge in [0.05, 0.1) is 0 Å². The highest BCUT2D eigenvalue weighted by Crippen LogP contribution is 2.32. The SMILES string of the molecule is C1[C@H]2C[N@]12. The summed E-state index contributed by atoms with van der Waals surface area (Å²) in [4.78, 5) is 2.42. The molecule has 22 valence electrons. The lowest BCUT2D eigenvalue weighted by Crippen LogP contribution is -1.79. The molecule has 0 atom stereocenters. The Morgan fingerprint density at radius 2 is 1.75 bits per heavy atom. The van der Waals surface area contributed by atoms with Gasteiger partial charge in [0.15, 0.2) is 0 Å². The molecule has 0 radical (unpaired) electrons. The lowest BCUT2D eigenvalue weighted by atomic mass is 10.6. The molecule has 2 aliphatic heterocycles. The van der Waals surface area contributed by atoms with E-state index in [9.17, 15) is 0 Å². The zero-order chi connectivity index (χ0) is 2.57. The van der Waals surface area contributed by atoms with Gasteiger partial charge in [-0.1, -0.05) is 0 Å². The molecule has 1 heteroatoms. The molecule has 0 bridgehead atoms. The van der Waals surface area contributed by atoms with Crippen LogP contribution in [0.5, 0.6) is 0 Å². The Bertz CT molecular complexity index is 39.2. The zero-order valence-corrected chi connectivity index (χ0v) is 2.44. The van der Waals surface area contributed by atoms with E-state index in [0.29, 0.717) is 0 Å². The maximum Gasteiger partial charge on any atom is 0.0352 e. The van der Waals surface area contributed by atoms with E-state index in [1.807, 2.05) is 0 Å². The van der Waals surface area contributed by atoms with Crippen molar-refractivity contribution in [1.29, 1.82) is 0 Å². The Balaban J connectivity index is 2.48. The van der Waals surface area contributed by atoms with Crippen LogP contribution in [0, 0.1) is 0 Å². The highest BCUT2D eigenvalue weighted by molar-refractivity contribution is 5.07. The van der Waals surface area contributed by atoms with Gasteiger partial charge in [-0.3, -0.25) is 4.90 Å². The monoisotopic (exact) mass is 55.0 g/mol. The third kappa shape index (κ3) is 0.0285. The van der Waals surface area contributed by atoms with Crippen LogP contribution in [0.3, 0.4) is 0 Å². The molecular formula is C3H5N. The Hall–Kier alpha value is -0.0400. The summed E-state index contributed by atoms with van der Waals surface area (Å²) in [5.41, 5.74) is 0. The van der Waals surface area contributed by atoms with E-state index in [2.05, 4.69) is 4.90 Å². The van der Waals surface area contributed by atoms with Crippen molar-refractivity contribution in [3.05, 3.63) is 0 Å². The average Bonchev–Trinajstić information content (AvgIpc) is 1.36. The number of nitrogens with zero attached hydrogens (tertiary/aromatic N) is 1. The Labute approximate surface area is 25.2 Å². The van der Waals surface area contributed by atoms with Crippen LogP contribution in [-0.2, 0) is 0 Å². The van der Waals surface area contributed by atoms with Crippen molar-refractivity contribution in [3.8, 4) is 0 Å². The topological polar surface area (TPSA) is 3.01 Å². The first kappa shape index (κ1) is 1.41. The van der Waals surface area contributed by atoms with E-state index in [0.717, 1.165) is 6.04 Å². The second-order valence-electron chi connectivity index (χ2n) is 1.61. The second kappa shape index (κ2) is 0.179. The zero-order valence-electron chi connectivity index (χ0n) is 2.44. The number of rotatable bonds is 0. The molecule has 2 heterocycles. The minimum Gasteiger partial charge on any atom is -0.295 e. The Morgan fingerprint density at radius 3 is 1.75 bits per heavy atom. The predicted molar refractivity (Wildman–Crippen MR) is 15.4 cm³/mol. The van der Waals surface area contributed by atoms with Crippen LogP contribution in [0.1, 0.15) is 0 Å². The fourth-order valence-electron chi connectivity index (χ4n) is 0.394. The van der Waals surface area contributed by atoms with Crippen molar-refractivity contribution >= 4 is 0 Å². The number of fused-ring (bicyclic) bond motifs is 1. The highest BCUT2D eigenvalue weighted by Gasteiger charge is 2.49. The lowest BCUT2D eigenvalue weighted by molar-refractivity contribution is 0.810. The molecule has 4 heavy (non-hydrogen) atoms. The summed E-state index contributed by atoms with van der Waals surface area (Å²) in [5.74, 6) is 0. The molecule has 2 fully saturated rings. The molecule has 0 aromatic heterocycles. The van der Waals surface area contributed by atoms with E-state index >= 15 is 0 Å². The molecular weight excluding hydrogens is 50.0 g/mol. The third-order valence-electron chi connectivity index (χ3n) is 1.14. The van der Waals surface area contributed by atoms with Crippen LogP contribution in [-0.4, -0.2) is 24.0 Å². The van der Waals surface area contributed by atoms with Crippen molar-refractivity contribution in [2.24, 2.45) is 0 Å². The van der Waals surface area contributed by atoms with Crippen molar-refractivity contribution in [2.45, 2.75) is 6.04 Å². The van der Waals surface area contributed by atoms with Crippen molar-refractivity contribution < 1.29 is 0 Å². The van der Waals surface area contributed by atoms with Gasteiger partial charge >= 0.3 is 0 Å². The summed E-state index contributed by atoms with van der Waals surface area (Å²) in [5, 5.41) is 0. The van der Waals surface area contributed by atoms with Gasteiger partial charge in [-0.25, -0.2) is 0 Å². The first-order chi connectivity index (χ1) is 1.97. The van der Waals surface area contributed by atoms with Crippen molar-refractivity contribution in [1.82, 2.24) is 4.90 Å². The van der Waals surface area contributed by atoms with Gasteiger partial charge in [0.1, 0.15) is 0 Å². The summed E-state index contributed by atoms with van der Waals surface area (Å²) in [6.45, 7) is 2.83. The third-order valence-corrected chi connectivity index (χ3v) is 1.14. The van der Waals surface area contributed by atoms with Crippen LogP contribution >= 0.6 is 0 Å². The summed E-state index contributed by atoms with van der Waals surface area (Å²) >= 11 is 0. The molecule has 0 aliphatic carbocycles. The highest BCUT2D eigenvalue weighted by atomic mass is 15.5. The summed E-state index contributed by atoms with van der Waals surface area (Å²) in [7, 11) is 0. The van der Waals surface area contributed by atoms with Gasteiger partial charge in [0.2, 0.25) is 0 Å². The second-order valence-corrected chi connectivity index (χ2v) is 1.61. The van der Waals surface area contributed by atoms with Crippen molar-refractivity contribution in [3.63, 3.8) is 0 Å². The van der Waals surface area contributed by atoms with E-state index < -0.39 is 0 Å². The average molecular weight is 55.1 g/mol. The maximum absolute atomic E-state index is 2.42. The van der Waals surface area contributed by atoms with E-state index in [1.165, 1.54) is 13.1 Å². The van der Waals surface area contributed by atoms with E-state index in [-0.39, 0.29) is 0 Å². The minimum absolute atomic E-state index is 1.08. The first-order valence-corrected chi connectivity index (χ1v) is 1.71. The summed E-state index contributed by atoms with van der Waals surface area (Å²) < 4.78 is 0. The van der Waals surface area contributed by atoms with Crippen LogP contribution < -0.4 is 0 Å². The molecule has 0 aromatic carbocycles. The van der Waals surface area contributed by atoms with Crippen molar-refractivity contribution in [2.75, 3.05) is 13.1 Å². The van der Waals surface area contributed by atoms with Crippen LogP contribution in [0.4, 0.5) is 0 Å². The van der Waals surface area contributed by atoms with Gasteiger partial charge in [-0.15, -0.1) is 0 Å². The largest absolute Gasteiger partial charge is 0.295 e. The lowest BCUT2D eigenvalue weighted by Gasteiger charge is -1.62. The van der Waals surface area contributed by atoms with Gasteiger partial charge in [0, 0.05) is 19.1 Å². The quantitative estimate of drug-likeness (QED) is 0.343. The minimum atomic E-state index is 1.08. The van der Waals surface area contributed by atoms with Crippen LogP contribution in [0.15, 0.2) is 0 Å². The molecule has 0 aromatic rings. The Kier molecular flexibility index (Phi) is 0.0633. The van der Waals surface area contributed by atoms with E-state index in [1.54, 1.807) is 0 Å². The summed E-state index contributed by atoms with van der Waals surface area (Å²) in [6, 6.07) is 1.08. The predicted octanol–water partition coefficient (Wildman–Crippen LogP) is -0.316.